The molecule has 1 fully saturated rings. The predicted octanol–water partition coefficient (Wildman–Crippen LogP) is 5.38. The summed E-state index contributed by atoms with van der Waals surface area (Å²) < 4.78 is 11.2. The summed E-state index contributed by atoms with van der Waals surface area (Å²) in [4.78, 5) is 17.7. The van der Waals surface area contributed by atoms with Crippen molar-refractivity contribution in [2.45, 2.75) is 33.6 Å². The number of ether oxygens (including phenoxy) is 2. The van der Waals surface area contributed by atoms with Gasteiger partial charge in [0, 0.05) is 0 Å². The fraction of sp³-hybridized carbons (Fsp3) is 0.304. The number of para-hydroxylation sites is 1. The molecule has 1 aliphatic rings. The Hall–Kier alpha value is -2.73. The third-order valence-electron chi connectivity index (χ3n) is 4.54. The first-order valence-electron chi connectivity index (χ1n) is 9.68. The number of benzene rings is 2. The molecule has 5 nitrogen and oxygen atoms in total. The van der Waals surface area contributed by atoms with Crippen molar-refractivity contribution >= 4 is 34.6 Å². The van der Waals surface area contributed by atoms with Crippen LogP contribution in [-0.4, -0.2) is 24.8 Å². The molecule has 0 atom stereocenters. The SMILES string of the molecule is CCCCOc1cc(/C=C2\SC(=Nc3c(C)cccc3C)NC2=O)ccc1OC. The lowest BCUT2D eigenvalue weighted by Crippen LogP contribution is -2.19. The second-order valence-corrected chi connectivity index (χ2v) is 7.87. The van der Waals surface area contributed by atoms with Crippen molar-refractivity contribution in [2.24, 2.45) is 4.99 Å². The minimum atomic E-state index is -0.149. The Morgan fingerprint density at radius 1 is 1.14 bits per heavy atom. The van der Waals surface area contributed by atoms with E-state index in [1.807, 2.05) is 56.3 Å². The van der Waals surface area contributed by atoms with Crippen LogP contribution in [-0.2, 0) is 4.79 Å². The largest absolute Gasteiger partial charge is 0.493 e. The summed E-state index contributed by atoms with van der Waals surface area (Å²) in [5.41, 5.74) is 3.93. The first-order chi connectivity index (χ1) is 14.0. The lowest BCUT2D eigenvalue weighted by atomic mass is 10.1. The van der Waals surface area contributed by atoms with Gasteiger partial charge in [-0.15, -0.1) is 0 Å². The van der Waals surface area contributed by atoms with Gasteiger partial charge >= 0.3 is 0 Å². The number of unbranched alkanes of at least 4 members (excludes halogenated alkanes) is 1. The first kappa shape index (κ1) is 21.0. The maximum absolute atomic E-state index is 12.4. The van der Waals surface area contributed by atoms with Gasteiger partial charge in [0.25, 0.3) is 5.91 Å². The third-order valence-corrected chi connectivity index (χ3v) is 5.45. The molecule has 1 amide bonds. The topological polar surface area (TPSA) is 59.9 Å². The van der Waals surface area contributed by atoms with Crippen molar-refractivity contribution in [2.75, 3.05) is 13.7 Å². The van der Waals surface area contributed by atoms with Gasteiger partial charge in [-0.2, -0.15) is 0 Å². The summed E-state index contributed by atoms with van der Waals surface area (Å²) in [6.07, 6.45) is 3.88. The highest BCUT2D eigenvalue weighted by molar-refractivity contribution is 8.18. The molecule has 0 saturated carbocycles. The molecule has 0 aliphatic carbocycles. The molecule has 2 aromatic carbocycles. The van der Waals surface area contributed by atoms with E-state index >= 15 is 0 Å². The van der Waals surface area contributed by atoms with Crippen LogP contribution in [0.25, 0.3) is 6.08 Å². The number of rotatable bonds is 7. The number of carbonyl (C=O) groups excluding carboxylic acids is 1. The van der Waals surface area contributed by atoms with Crippen molar-refractivity contribution in [3.63, 3.8) is 0 Å². The average molecular weight is 411 g/mol. The molecule has 0 spiro atoms. The van der Waals surface area contributed by atoms with Crippen LogP contribution in [0, 0.1) is 13.8 Å². The number of hydrogen-bond donors (Lipinski definition) is 1. The van der Waals surface area contributed by atoms with E-state index in [-0.39, 0.29) is 5.91 Å². The summed E-state index contributed by atoms with van der Waals surface area (Å²) in [7, 11) is 1.62. The minimum Gasteiger partial charge on any atom is -0.493 e. The van der Waals surface area contributed by atoms with E-state index in [2.05, 4.69) is 17.2 Å². The van der Waals surface area contributed by atoms with Gasteiger partial charge in [0.05, 0.1) is 24.3 Å². The quantitative estimate of drug-likeness (QED) is 0.492. The molecule has 1 saturated heterocycles. The molecule has 0 unspecified atom stereocenters. The van der Waals surface area contributed by atoms with Gasteiger partial charge in [-0.05, 0) is 66.9 Å². The van der Waals surface area contributed by atoms with Gasteiger partial charge in [-0.3, -0.25) is 4.79 Å². The van der Waals surface area contributed by atoms with E-state index in [0.717, 1.165) is 35.2 Å². The zero-order valence-corrected chi connectivity index (χ0v) is 18.1. The van der Waals surface area contributed by atoms with Crippen LogP contribution in [0.1, 0.15) is 36.5 Å². The minimum absolute atomic E-state index is 0.149. The number of aryl methyl sites for hydroxylation is 2. The Kier molecular flexibility index (Phi) is 6.99. The van der Waals surface area contributed by atoms with Gasteiger partial charge in [0.15, 0.2) is 16.7 Å². The van der Waals surface area contributed by atoms with Crippen molar-refractivity contribution in [3.05, 3.63) is 58.0 Å². The van der Waals surface area contributed by atoms with E-state index in [0.29, 0.717) is 28.2 Å². The molecule has 29 heavy (non-hydrogen) atoms. The van der Waals surface area contributed by atoms with Crippen LogP contribution in [0.15, 0.2) is 46.3 Å². The number of thioether (sulfide) groups is 1. The highest BCUT2D eigenvalue weighted by Crippen LogP contribution is 2.33. The summed E-state index contributed by atoms with van der Waals surface area (Å²) in [6, 6.07) is 11.7. The highest BCUT2D eigenvalue weighted by atomic mass is 32.2. The zero-order chi connectivity index (χ0) is 20.8. The number of carbonyl (C=O) groups is 1. The molecule has 0 radical (unpaired) electrons. The van der Waals surface area contributed by atoms with Gasteiger partial charge in [0.2, 0.25) is 0 Å². The lowest BCUT2D eigenvalue weighted by Gasteiger charge is -2.11. The monoisotopic (exact) mass is 410 g/mol. The normalized spacial score (nSPS) is 16.3. The maximum Gasteiger partial charge on any atom is 0.264 e. The third kappa shape index (κ3) is 5.21. The van der Waals surface area contributed by atoms with Crippen LogP contribution in [0.3, 0.4) is 0 Å². The summed E-state index contributed by atoms with van der Waals surface area (Å²) in [5.74, 6) is 1.22. The average Bonchev–Trinajstić information content (AvgIpc) is 3.04. The molecule has 1 aliphatic heterocycles. The molecule has 2 aromatic rings. The molecule has 0 bridgehead atoms. The van der Waals surface area contributed by atoms with Crippen LogP contribution in [0.5, 0.6) is 11.5 Å². The zero-order valence-electron chi connectivity index (χ0n) is 17.2. The Balaban J connectivity index is 1.83. The van der Waals surface area contributed by atoms with E-state index in [1.165, 1.54) is 11.8 Å². The molecule has 152 valence electrons. The predicted molar refractivity (Wildman–Crippen MR) is 120 cm³/mol. The maximum atomic E-state index is 12.4. The molecular weight excluding hydrogens is 384 g/mol. The molecule has 0 aromatic heterocycles. The van der Waals surface area contributed by atoms with Gasteiger partial charge in [-0.25, -0.2) is 4.99 Å². The fourth-order valence-corrected chi connectivity index (χ4v) is 3.77. The van der Waals surface area contributed by atoms with E-state index in [4.69, 9.17) is 9.47 Å². The number of methoxy groups -OCH3 is 1. The standard InChI is InChI=1S/C23H26N2O3S/c1-5-6-12-28-19-13-17(10-11-18(19)27-4)14-20-22(26)25-23(29-20)24-21-15(2)8-7-9-16(21)3/h7-11,13-14H,5-6,12H2,1-4H3,(H,24,25,26)/b20-14-. The highest BCUT2D eigenvalue weighted by Gasteiger charge is 2.24. The Bertz CT molecular complexity index is 946. The van der Waals surface area contributed by atoms with Gasteiger partial charge in [0.1, 0.15) is 0 Å². The Morgan fingerprint density at radius 3 is 2.59 bits per heavy atom. The number of amidine groups is 1. The molecule has 1 heterocycles. The van der Waals surface area contributed by atoms with Crippen molar-refractivity contribution in [3.8, 4) is 11.5 Å². The summed E-state index contributed by atoms with van der Waals surface area (Å²) in [5, 5.41) is 3.45. The van der Waals surface area contributed by atoms with E-state index in [9.17, 15) is 4.79 Å². The van der Waals surface area contributed by atoms with Crippen LogP contribution in [0.4, 0.5) is 5.69 Å². The van der Waals surface area contributed by atoms with E-state index < -0.39 is 0 Å². The van der Waals surface area contributed by atoms with Crippen molar-refractivity contribution in [1.82, 2.24) is 5.32 Å². The number of hydrogen-bond acceptors (Lipinski definition) is 5. The summed E-state index contributed by atoms with van der Waals surface area (Å²) >= 11 is 1.34. The number of aliphatic imine (C=N–C) groups is 1. The molecule has 6 heteroatoms. The Labute approximate surface area is 176 Å². The van der Waals surface area contributed by atoms with Crippen LogP contribution >= 0.6 is 11.8 Å². The second kappa shape index (κ2) is 9.65. The molecule has 1 N–H and O–H groups in total. The van der Waals surface area contributed by atoms with Crippen LogP contribution < -0.4 is 14.8 Å². The van der Waals surface area contributed by atoms with Crippen LogP contribution in [0.2, 0.25) is 0 Å². The lowest BCUT2D eigenvalue weighted by molar-refractivity contribution is -0.115. The fourth-order valence-electron chi connectivity index (χ4n) is 2.94. The van der Waals surface area contributed by atoms with Gasteiger partial charge in [-0.1, -0.05) is 37.6 Å². The number of nitrogens with one attached hydrogen (secondary N) is 1. The number of nitrogens with zero attached hydrogens (tertiary/aromatic N) is 1. The smallest absolute Gasteiger partial charge is 0.264 e. The molecule has 3 rings (SSSR count). The Morgan fingerprint density at radius 2 is 1.90 bits per heavy atom. The van der Waals surface area contributed by atoms with Crippen molar-refractivity contribution < 1.29 is 14.3 Å². The van der Waals surface area contributed by atoms with Gasteiger partial charge < -0.3 is 14.8 Å². The molecular formula is C23H26N2O3S. The number of amides is 1. The first-order valence-corrected chi connectivity index (χ1v) is 10.5. The van der Waals surface area contributed by atoms with E-state index in [1.54, 1.807) is 7.11 Å². The van der Waals surface area contributed by atoms with Crippen molar-refractivity contribution in [1.29, 1.82) is 0 Å². The second-order valence-electron chi connectivity index (χ2n) is 6.83. The summed E-state index contributed by atoms with van der Waals surface area (Å²) in [6.45, 7) is 6.79.